The molecule has 0 radical (unpaired) electrons. The van der Waals surface area contributed by atoms with Crippen molar-refractivity contribution in [2.75, 3.05) is 0 Å². The lowest BCUT2D eigenvalue weighted by Gasteiger charge is -1.99. The molecule has 0 saturated heterocycles. The van der Waals surface area contributed by atoms with E-state index in [1.165, 1.54) is 5.56 Å². The molecule has 1 aromatic carbocycles. The van der Waals surface area contributed by atoms with Crippen LogP contribution in [-0.4, -0.2) is 10.7 Å². The van der Waals surface area contributed by atoms with Crippen molar-refractivity contribution in [2.24, 2.45) is 4.99 Å². The van der Waals surface area contributed by atoms with E-state index in [1.54, 1.807) is 12.4 Å². The Hall–Kier alpha value is -1.74. The van der Waals surface area contributed by atoms with E-state index in [9.17, 15) is 0 Å². The minimum Gasteiger partial charge on any atom is -0.265 e. The number of aromatic nitrogens is 1. The summed E-state index contributed by atoms with van der Waals surface area (Å²) in [7, 11) is 0. The first-order chi connectivity index (χ1) is 8.84. The largest absolute Gasteiger partial charge is 0.265 e. The molecule has 0 spiro atoms. The first kappa shape index (κ1) is 11.4. The second-order valence-corrected chi connectivity index (χ2v) is 5.05. The number of aliphatic imine (C=N–C) groups is 1. The van der Waals surface area contributed by atoms with Gasteiger partial charge in [0, 0.05) is 28.9 Å². The van der Waals surface area contributed by atoms with E-state index >= 15 is 0 Å². The van der Waals surface area contributed by atoms with Crippen LogP contribution in [0, 0.1) is 0 Å². The van der Waals surface area contributed by atoms with Gasteiger partial charge in [-0.3, -0.25) is 9.98 Å². The number of nitrogens with zero attached hydrogens (tertiary/aromatic N) is 2. The normalized spacial score (nSPS) is 14.8. The molecule has 1 aliphatic rings. The summed E-state index contributed by atoms with van der Waals surface area (Å²) in [6.07, 6.45) is 4.43. The van der Waals surface area contributed by atoms with Crippen LogP contribution < -0.4 is 0 Å². The van der Waals surface area contributed by atoms with Gasteiger partial charge >= 0.3 is 0 Å². The summed E-state index contributed by atoms with van der Waals surface area (Å²) >= 11 is 3.62. The van der Waals surface area contributed by atoms with Crippen LogP contribution in [0.15, 0.2) is 64.3 Å². The first-order valence-electron chi connectivity index (χ1n) is 5.76. The number of hydrogen-bond acceptors (Lipinski definition) is 2. The second kappa shape index (κ2) is 4.86. The van der Waals surface area contributed by atoms with Gasteiger partial charge in [-0.2, -0.15) is 0 Å². The molecular formula is C15H11BrN2. The molecule has 1 aromatic heterocycles. The molecule has 0 amide bonds. The standard InChI is InChI=1S/C15H11BrN2/c16-13-10-14(11-4-2-1-3-5-11)18-15(13)12-6-8-17-9-7-12/h1-9H,10H2. The van der Waals surface area contributed by atoms with Gasteiger partial charge in [0.25, 0.3) is 0 Å². The predicted octanol–water partition coefficient (Wildman–Crippen LogP) is 4.04. The fraction of sp³-hybridized carbons (Fsp3) is 0.0667. The summed E-state index contributed by atoms with van der Waals surface area (Å²) in [5.74, 6) is 0. The lowest BCUT2D eigenvalue weighted by atomic mass is 10.1. The van der Waals surface area contributed by atoms with Crippen LogP contribution in [0.25, 0.3) is 5.70 Å². The van der Waals surface area contributed by atoms with Crippen LogP contribution in [0.1, 0.15) is 17.5 Å². The van der Waals surface area contributed by atoms with Crippen molar-refractivity contribution in [3.8, 4) is 0 Å². The van der Waals surface area contributed by atoms with Crippen LogP contribution in [-0.2, 0) is 0 Å². The van der Waals surface area contributed by atoms with Gasteiger partial charge in [0.1, 0.15) is 0 Å². The predicted molar refractivity (Wildman–Crippen MR) is 77.7 cm³/mol. The highest BCUT2D eigenvalue weighted by Crippen LogP contribution is 2.33. The summed E-state index contributed by atoms with van der Waals surface area (Å²) in [6.45, 7) is 0. The molecule has 3 rings (SSSR count). The number of rotatable bonds is 2. The fourth-order valence-electron chi connectivity index (χ4n) is 1.99. The average molecular weight is 299 g/mol. The third kappa shape index (κ3) is 2.14. The van der Waals surface area contributed by atoms with Crippen molar-refractivity contribution in [3.05, 3.63) is 70.5 Å². The van der Waals surface area contributed by atoms with Crippen molar-refractivity contribution in [1.82, 2.24) is 4.98 Å². The molecule has 0 fully saturated rings. The van der Waals surface area contributed by atoms with Gasteiger partial charge in [-0.25, -0.2) is 0 Å². The van der Waals surface area contributed by atoms with Crippen molar-refractivity contribution < 1.29 is 0 Å². The number of pyridine rings is 1. The smallest absolute Gasteiger partial charge is 0.0811 e. The molecular weight excluding hydrogens is 288 g/mol. The monoisotopic (exact) mass is 298 g/mol. The Labute approximate surface area is 114 Å². The van der Waals surface area contributed by atoms with E-state index in [0.717, 1.165) is 27.9 Å². The molecule has 88 valence electrons. The average Bonchev–Trinajstić information content (AvgIpc) is 2.83. The summed E-state index contributed by atoms with van der Waals surface area (Å²) in [5, 5.41) is 0. The van der Waals surface area contributed by atoms with Crippen LogP contribution in [0.3, 0.4) is 0 Å². The van der Waals surface area contributed by atoms with Crippen LogP contribution in [0.2, 0.25) is 0 Å². The molecule has 0 N–H and O–H groups in total. The molecule has 1 aliphatic heterocycles. The van der Waals surface area contributed by atoms with Gasteiger partial charge in [-0.1, -0.05) is 46.3 Å². The Morgan fingerprint density at radius 3 is 2.33 bits per heavy atom. The molecule has 18 heavy (non-hydrogen) atoms. The Bertz CT molecular complexity index is 615. The van der Waals surface area contributed by atoms with Crippen LogP contribution >= 0.6 is 15.9 Å². The summed E-state index contributed by atoms with van der Waals surface area (Å²) in [6, 6.07) is 14.2. The van der Waals surface area contributed by atoms with Gasteiger partial charge in [0.2, 0.25) is 0 Å². The number of hydrogen-bond donors (Lipinski definition) is 0. The topological polar surface area (TPSA) is 25.2 Å². The highest BCUT2D eigenvalue weighted by Gasteiger charge is 2.18. The third-order valence-electron chi connectivity index (χ3n) is 2.89. The van der Waals surface area contributed by atoms with Gasteiger partial charge in [0.15, 0.2) is 0 Å². The second-order valence-electron chi connectivity index (χ2n) is 4.09. The van der Waals surface area contributed by atoms with Crippen molar-refractivity contribution in [1.29, 1.82) is 0 Å². The molecule has 0 bridgehead atoms. The Morgan fingerprint density at radius 1 is 0.889 bits per heavy atom. The molecule has 3 heteroatoms. The van der Waals surface area contributed by atoms with E-state index in [2.05, 4.69) is 33.0 Å². The van der Waals surface area contributed by atoms with E-state index in [0.29, 0.717) is 0 Å². The Balaban J connectivity index is 1.97. The third-order valence-corrected chi connectivity index (χ3v) is 3.54. The number of allylic oxidation sites excluding steroid dienone is 1. The van der Waals surface area contributed by atoms with Crippen molar-refractivity contribution in [3.63, 3.8) is 0 Å². The highest BCUT2D eigenvalue weighted by atomic mass is 79.9. The van der Waals surface area contributed by atoms with E-state index in [4.69, 9.17) is 4.99 Å². The van der Waals surface area contributed by atoms with Crippen LogP contribution in [0.4, 0.5) is 0 Å². The van der Waals surface area contributed by atoms with E-state index in [1.807, 2.05) is 30.3 Å². The summed E-state index contributed by atoms with van der Waals surface area (Å²) < 4.78 is 1.13. The molecule has 0 saturated carbocycles. The lowest BCUT2D eigenvalue weighted by Crippen LogP contribution is -1.95. The van der Waals surface area contributed by atoms with Gasteiger partial charge in [-0.15, -0.1) is 0 Å². The maximum absolute atomic E-state index is 4.73. The minimum absolute atomic E-state index is 0.849. The maximum Gasteiger partial charge on any atom is 0.0811 e. The van der Waals surface area contributed by atoms with Gasteiger partial charge in [0.05, 0.1) is 11.4 Å². The first-order valence-corrected chi connectivity index (χ1v) is 6.56. The highest BCUT2D eigenvalue weighted by molar-refractivity contribution is 9.11. The quantitative estimate of drug-likeness (QED) is 0.821. The zero-order valence-corrected chi connectivity index (χ0v) is 11.3. The van der Waals surface area contributed by atoms with E-state index < -0.39 is 0 Å². The van der Waals surface area contributed by atoms with Gasteiger partial charge in [-0.05, 0) is 17.7 Å². The SMILES string of the molecule is BrC1=C(c2ccncc2)N=C(c2ccccc2)C1. The fourth-order valence-corrected chi connectivity index (χ4v) is 2.58. The Kier molecular flexibility index (Phi) is 3.07. The van der Waals surface area contributed by atoms with Gasteiger partial charge < -0.3 is 0 Å². The maximum atomic E-state index is 4.73. The molecule has 0 aliphatic carbocycles. The zero-order chi connectivity index (χ0) is 12.4. The zero-order valence-electron chi connectivity index (χ0n) is 9.68. The molecule has 2 heterocycles. The minimum atomic E-state index is 0.849. The number of benzene rings is 1. The molecule has 0 unspecified atom stereocenters. The number of halogens is 1. The molecule has 2 aromatic rings. The molecule has 0 atom stereocenters. The van der Waals surface area contributed by atoms with Crippen molar-refractivity contribution in [2.45, 2.75) is 6.42 Å². The van der Waals surface area contributed by atoms with Crippen molar-refractivity contribution >= 4 is 27.3 Å². The van der Waals surface area contributed by atoms with E-state index in [-0.39, 0.29) is 0 Å². The summed E-state index contributed by atoms with van der Waals surface area (Å²) in [4.78, 5) is 8.76. The molecule has 2 nitrogen and oxygen atoms in total. The lowest BCUT2D eigenvalue weighted by molar-refractivity contribution is 1.31. The van der Waals surface area contributed by atoms with Crippen LogP contribution in [0.5, 0.6) is 0 Å². The summed E-state index contributed by atoms with van der Waals surface area (Å²) in [5.41, 5.74) is 4.40. The Morgan fingerprint density at radius 2 is 1.61 bits per heavy atom.